The highest BCUT2D eigenvalue weighted by atomic mass is 16.6. The number of nitrogens with one attached hydrogen (secondary N) is 1. The predicted molar refractivity (Wildman–Crippen MR) is 143 cm³/mol. The maximum Gasteiger partial charge on any atom is 0.287 e. The third kappa shape index (κ3) is 5.80. The van der Waals surface area contributed by atoms with Gasteiger partial charge in [0.15, 0.2) is 28.4 Å². The molecule has 12 nitrogen and oxygen atoms in total. The molecule has 200 valence electrons. The highest BCUT2D eigenvalue weighted by Crippen LogP contribution is 2.36. The molecule has 0 spiro atoms. The Morgan fingerprint density at radius 3 is 2.03 bits per heavy atom. The quantitative estimate of drug-likeness (QED) is 0.227. The van der Waals surface area contributed by atoms with E-state index in [4.69, 9.17) is 23.7 Å². The SMILES string of the molecule is COc1cc2[nH]ccc(=O)c2cc1OC.COc1cc2nccc(Oc3ccc([N+](=O)[O-])cn3)c2cc1OC. The molecule has 0 atom stereocenters. The minimum Gasteiger partial charge on any atom is -0.493 e. The Labute approximate surface area is 221 Å². The average molecular weight is 533 g/mol. The van der Waals surface area contributed by atoms with E-state index in [2.05, 4.69) is 15.0 Å². The molecule has 1 N–H and O–H groups in total. The number of hydrogen-bond acceptors (Lipinski definition) is 10. The van der Waals surface area contributed by atoms with E-state index in [0.717, 1.165) is 11.7 Å². The molecular weight excluding hydrogens is 508 g/mol. The van der Waals surface area contributed by atoms with E-state index in [9.17, 15) is 14.9 Å². The van der Waals surface area contributed by atoms with Crippen LogP contribution in [0.25, 0.3) is 21.8 Å². The monoisotopic (exact) mass is 532 g/mol. The largest absolute Gasteiger partial charge is 0.493 e. The van der Waals surface area contributed by atoms with Gasteiger partial charge in [0.1, 0.15) is 11.9 Å². The summed E-state index contributed by atoms with van der Waals surface area (Å²) in [6.07, 6.45) is 4.34. The van der Waals surface area contributed by atoms with Gasteiger partial charge >= 0.3 is 0 Å². The Balaban J connectivity index is 0.000000202. The molecule has 0 bridgehead atoms. The summed E-state index contributed by atoms with van der Waals surface area (Å²) in [7, 11) is 6.19. The Morgan fingerprint density at radius 1 is 0.769 bits per heavy atom. The summed E-state index contributed by atoms with van der Waals surface area (Å²) >= 11 is 0. The summed E-state index contributed by atoms with van der Waals surface area (Å²) in [4.78, 5) is 32.9. The van der Waals surface area contributed by atoms with Crippen LogP contribution in [0.4, 0.5) is 5.69 Å². The van der Waals surface area contributed by atoms with Crippen LogP contribution in [0.2, 0.25) is 0 Å². The standard InChI is InChI=1S/C16H13N3O5.C11H11NO3/c1-22-14-7-11-12(8-15(14)23-2)17-6-5-13(11)24-16-4-3-10(9-18-16)19(20)21;1-14-10-5-7-8(6-11(10)15-2)12-4-3-9(7)13/h3-9H,1-2H3;3-6H,1-2H3,(H,12,13). The highest BCUT2D eigenvalue weighted by Gasteiger charge is 2.13. The summed E-state index contributed by atoms with van der Waals surface area (Å²) in [6, 6.07) is 12.8. The second-order valence-corrected chi connectivity index (χ2v) is 7.84. The fourth-order valence-electron chi connectivity index (χ4n) is 3.69. The van der Waals surface area contributed by atoms with Gasteiger partial charge in [0.05, 0.1) is 44.4 Å². The number of aromatic nitrogens is 3. The van der Waals surface area contributed by atoms with Gasteiger partial charge in [-0.05, 0) is 18.2 Å². The Kier molecular flexibility index (Phi) is 8.05. The summed E-state index contributed by atoms with van der Waals surface area (Å²) in [5.74, 6) is 3.00. The Morgan fingerprint density at radius 2 is 1.41 bits per heavy atom. The van der Waals surface area contributed by atoms with Crippen molar-refractivity contribution in [1.29, 1.82) is 0 Å². The third-order valence-corrected chi connectivity index (χ3v) is 5.62. The fourth-order valence-corrected chi connectivity index (χ4v) is 3.69. The molecule has 3 heterocycles. The van der Waals surface area contributed by atoms with Crippen LogP contribution in [0.15, 0.2) is 71.9 Å². The fraction of sp³-hybridized carbons (Fsp3) is 0.148. The molecule has 39 heavy (non-hydrogen) atoms. The molecule has 2 aromatic carbocycles. The van der Waals surface area contributed by atoms with E-state index < -0.39 is 4.92 Å². The second-order valence-electron chi connectivity index (χ2n) is 7.84. The van der Waals surface area contributed by atoms with Crippen LogP contribution in [-0.2, 0) is 0 Å². The van der Waals surface area contributed by atoms with Crippen LogP contribution in [0.5, 0.6) is 34.6 Å². The molecule has 0 radical (unpaired) electrons. The first-order chi connectivity index (χ1) is 18.9. The molecular formula is C27H24N4O8. The van der Waals surface area contributed by atoms with Crippen LogP contribution in [0, 0.1) is 10.1 Å². The molecule has 0 fully saturated rings. The molecule has 0 amide bonds. The number of fused-ring (bicyclic) bond motifs is 2. The lowest BCUT2D eigenvalue weighted by Crippen LogP contribution is -2.01. The van der Waals surface area contributed by atoms with Crippen LogP contribution in [-0.4, -0.2) is 48.3 Å². The number of pyridine rings is 3. The molecule has 0 aliphatic rings. The molecule has 3 aromatic heterocycles. The number of methoxy groups -OCH3 is 4. The molecule has 5 aromatic rings. The van der Waals surface area contributed by atoms with Gasteiger partial charge in [-0.3, -0.25) is 19.9 Å². The number of benzene rings is 2. The zero-order valence-electron chi connectivity index (χ0n) is 21.5. The maximum absolute atomic E-state index is 11.5. The van der Waals surface area contributed by atoms with Crippen molar-refractivity contribution in [2.24, 2.45) is 0 Å². The van der Waals surface area contributed by atoms with Crippen LogP contribution < -0.4 is 29.1 Å². The number of hydrogen-bond donors (Lipinski definition) is 1. The predicted octanol–water partition coefficient (Wildman–Crippen LogP) is 4.89. The Bertz CT molecular complexity index is 1690. The lowest BCUT2D eigenvalue weighted by molar-refractivity contribution is -0.385. The normalized spacial score (nSPS) is 10.4. The topological polar surface area (TPSA) is 148 Å². The first-order valence-electron chi connectivity index (χ1n) is 11.4. The van der Waals surface area contributed by atoms with Crippen molar-refractivity contribution < 1.29 is 28.6 Å². The van der Waals surface area contributed by atoms with E-state index >= 15 is 0 Å². The summed E-state index contributed by atoms with van der Waals surface area (Å²) in [6.45, 7) is 0. The van der Waals surface area contributed by atoms with Gasteiger partial charge in [-0.15, -0.1) is 0 Å². The molecule has 0 unspecified atom stereocenters. The van der Waals surface area contributed by atoms with Crippen LogP contribution in [0.1, 0.15) is 0 Å². The van der Waals surface area contributed by atoms with Gasteiger partial charge in [-0.1, -0.05) is 0 Å². The number of ether oxygens (including phenoxy) is 5. The van der Waals surface area contributed by atoms with Crippen molar-refractivity contribution in [3.8, 4) is 34.6 Å². The zero-order chi connectivity index (χ0) is 27.9. The highest BCUT2D eigenvalue weighted by molar-refractivity contribution is 5.88. The minimum absolute atomic E-state index is 0.0373. The Hall–Kier alpha value is -5.39. The molecule has 0 aliphatic carbocycles. The van der Waals surface area contributed by atoms with Crippen LogP contribution in [0.3, 0.4) is 0 Å². The van der Waals surface area contributed by atoms with E-state index in [-0.39, 0.29) is 17.0 Å². The van der Waals surface area contributed by atoms with Gasteiger partial charge in [0.25, 0.3) is 5.69 Å². The van der Waals surface area contributed by atoms with Crippen molar-refractivity contribution in [2.75, 3.05) is 28.4 Å². The van der Waals surface area contributed by atoms with Crippen molar-refractivity contribution in [3.63, 3.8) is 0 Å². The molecule has 5 rings (SSSR count). The van der Waals surface area contributed by atoms with Gasteiger partial charge in [-0.25, -0.2) is 4.98 Å². The van der Waals surface area contributed by atoms with Crippen LogP contribution >= 0.6 is 0 Å². The molecule has 12 heteroatoms. The number of H-pyrrole nitrogens is 1. The average Bonchev–Trinajstić information content (AvgIpc) is 2.96. The number of nitrogens with zero attached hydrogens (tertiary/aromatic N) is 3. The van der Waals surface area contributed by atoms with E-state index in [1.165, 1.54) is 18.2 Å². The number of rotatable bonds is 7. The smallest absolute Gasteiger partial charge is 0.287 e. The third-order valence-electron chi connectivity index (χ3n) is 5.62. The summed E-state index contributed by atoms with van der Waals surface area (Å²) in [5.41, 5.74) is 1.25. The van der Waals surface area contributed by atoms with Gasteiger partial charge in [0.2, 0.25) is 5.88 Å². The van der Waals surface area contributed by atoms with Crippen molar-refractivity contribution >= 4 is 27.5 Å². The van der Waals surface area contributed by atoms with Crippen molar-refractivity contribution in [1.82, 2.24) is 15.0 Å². The molecule has 0 saturated heterocycles. The summed E-state index contributed by atoms with van der Waals surface area (Å²) in [5, 5.41) is 12.0. The minimum atomic E-state index is -0.518. The zero-order valence-corrected chi connectivity index (χ0v) is 21.5. The van der Waals surface area contributed by atoms with Crippen molar-refractivity contribution in [3.05, 3.63) is 87.5 Å². The van der Waals surface area contributed by atoms with Gasteiger partial charge in [0, 0.05) is 53.5 Å². The summed E-state index contributed by atoms with van der Waals surface area (Å²) < 4.78 is 26.5. The van der Waals surface area contributed by atoms with Gasteiger partial charge < -0.3 is 28.7 Å². The van der Waals surface area contributed by atoms with E-state index in [1.807, 2.05) is 0 Å². The lowest BCUT2D eigenvalue weighted by Gasteiger charge is -2.11. The second kappa shape index (κ2) is 11.8. The first-order valence-corrected chi connectivity index (χ1v) is 11.4. The first kappa shape index (κ1) is 26.7. The molecule has 0 aliphatic heterocycles. The van der Waals surface area contributed by atoms with Crippen molar-refractivity contribution in [2.45, 2.75) is 0 Å². The molecule has 0 saturated carbocycles. The maximum atomic E-state index is 11.5. The van der Waals surface area contributed by atoms with E-state index in [0.29, 0.717) is 45.0 Å². The van der Waals surface area contributed by atoms with Gasteiger partial charge in [-0.2, -0.15) is 0 Å². The number of aromatic amines is 1. The number of nitro groups is 1. The lowest BCUT2D eigenvalue weighted by atomic mass is 10.2. The van der Waals surface area contributed by atoms with E-state index in [1.54, 1.807) is 71.2 Å².